The Bertz CT molecular complexity index is 1140. The summed E-state index contributed by atoms with van der Waals surface area (Å²) in [5.41, 5.74) is 3.33. The van der Waals surface area contributed by atoms with Gasteiger partial charge in [0.25, 0.3) is 0 Å². The molecule has 1 N–H and O–H groups in total. The summed E-state index contributed by atoms with van der Waals surface area (Å²) in [6.07, 6.45) is 2.67. The van der Waals surface area contributed by atoms with E-state index in [1.807, 2.05) is 36.0 Å². The maximum Gasteiger partial charge on any atom is 0.160 e. The number of benzene rings is 3. The molecule has 2 aliphatic rings. The van der Waals surface area contributed by atoms with Crippen LogP contribution >= 0.6 is 11.8 Å². The van der Waals surface area contributed by atoms with Gasteiger partial charge in [-0.1, -0.05) is 18.2 Å². The van der Waals surface area contributed by atoms with Crippen LogP contribution in [0.4, 0.5) is 0 Å². The molecule has 5 rings (SSSR count). The zero-order valence-corrected chi connectivity index (χ0v) is 21.2. The molecule has 1 fully saturated rings. The van der Waals surface area contributed by atoms with Crippen LogP contribution in [-0.2, 0) is 0 Å². The topological polar surface area (TPSA) is 51.2 Å². The molecule has 0 saturated carbocycles. The molecule has 3 aromatic carbocycles. The van der Waals surface area contributed by atoms with E-state index in [0.717, 1.165) is 29.2 Å². The van der Waals surface area contributed by atoms with Crippen molar-refractivity contribution in [3.63, 3.8) is 0 Å². The first kappa shape index (κ1) is 23.9. The van der Waals surface area contributed by atoms with Gasteiger partial charge in [-0.05, 0) is 79.5 Å². The summed E-state index contributed by atoms with van der Waals surface area (Å²) in [7, 11) is 3.30. The van der Waals surface area contributed by atoms with Gasteiger partial charge >= 0.3 is 0 Å². The number of rotatable bonds is 8. The van der Waals surface area contributed by atoms with Gasteiger partial charge in [-0.25, -0.2) is 0 Å². The van der Waals surface area contributed by atoms with Crippen LogP contribution in [0.3, 0.4) is 0 Å². The van der Waals surface area contributed by atoms with E-state index in [-0.39, 0.29) is 17.6 Å². The highest BCUT2D eigenvalue weighted by molar-refractivity contribution is 7.99. The first-order valence-corrected chi connectivity index (χ1v) is 13.3. The molecule has 2 aliphatic heterocycles. The van der Waals surface area contributed by atoms with Gasteiger partial charge in [0.05, 0.1) is 20.8 Å². The molecule has 5 nitrogen and oxygen atoms in total. The smallest absolute Gasteiger partial charge is 0.160 e. The molecule has 0 unspecified atom stereocenters. The Morgan fingerprint density at radius 1 is 0.914 bits per heavy atom. The highest BCUT2D eigenvalue weighted by atomic mass is 32.2. The van der Waals surface area contributed by atoms with E-state index in [9.17, 15) is 5.11 Å². The monoisotopic (exact) mass is 491 g/mol. The first-order valence-electron chi connectivity index (χ1n) is 12.3. The number of nitrogens with zero attached hydrogens (tertiary/aromatic N) is 1. The Labute approximate surface area is 212 Å². The van der Waals surface area contributed by atoms with E-state index in [1.54, 1.807) is 20.3 Å². The van der Waals surface area contributed by atoms with Gasteiger partial charge < -0.3 is 24.2 Å². The Balaban J connectivity index is 1.43. The number of hydrogen-bond donors (Lipinski definition) is 1. The molecule has 3 aromatic rings. The molecule has 2 atom stereocenters. The van der Waals surface area contributed by atoms with Gasteiger partial charge in [0, 0.05) is 34.6 Å². The van der Waals surface area contributed by atoms with Crippen molar-refractivity contribution in [2.24, 2.45) is 0 Å². The van der Waals surface area contributed by atoms with Gasteiger partial charge in [0.15, 0.2) is 11.5 Å². The second kappa shape index (κ2) is 10.8. The highest BCUT2D eigenvalue weighted by Gasteiger charge is 2.34. The van der Waals surface area contributed by atoms with Crippen molar-refractivity contribution >= 4 is 11.8 Å². The fraction of sp³-hybridized carbons (Fsp3) is 0.379. The molecule has 0 aliphatic carbocycles. The number of fused-ring (bicyclic) bond motifs is 1. The van der Waals surface area contributed by atoms with E-state index in [1.165, 1.54) is 36.4 Å². The number of thioether (sulfide) groups is 1. The van der Waals surface area contributed by atoms with Crippen LogP contribution in [0.5, 0.6) is 23.0 Å². The van der Waals surface area contributed by atoms with Gasteiger partial charge in [0.1, 0.15) is 11.5 Å². The van der Waals surface area contributed by atoms with Crippen molar-refractivity contribution in [3.8, 4) is 23.0 Å². The summed E-state index contributed by atoms with van der Waals surface area (Å²) >= 11 is 1.92. The average molecular weight is 492 g/mol. The Morgan fingerprint density at radius 2 is 1.66 bits per heavy atom. The maximum absolute atomic E-state index is 10.3. The van der Waals surface area contributed by atoms with Crippen LogP contribution in [0, 0.1) is 0 Å². The van der Waals surface area contributed by atoms with E-state index in [2.05, 4.69) is 35.2 Å². The zero-order valence-electron chi connectivity index (χ0n) is 20.4. The van der Waals surface area contributed by atoms with Gasteiger partial charge in [-0.2, -0.15) is 0 Å². The van der Waals surface area contributed by atoms with Crippen LogP contribution in [0.1, 0.15) is 41.4 Å². The van der Waals surface area contributed by atoms with Gasteiger partial charge in [0.2, 0.25) is 0 Å². The molecule has 1 saturated heterocycles. The molecule has 0 radical (unpaired) electrons. The third-order valence-corrected chi connectivity index (χ3v) is 8.09. The minimum atomic E-state index is 0.0487. The number of aromatic hydroxyl groups is 1. The highest BCUT2D eigenvalue weighted by Crippen LogP contribution is 2.48. The number of likely N-dealkylation sites (tertiary alicyclic amines) is 1. The second-order valence-corrected chi connectivity index (χ2v) is 10.4. The van der Waals surface area contributed by atoms with Crippen molar-refractivity contribution in [3.05, 3.63) is 77.4 Å². The molecule has 35 heavy (non-hydrogen) atoms. The van der Waals surface area contributed by atoms with E-state index in [4.69, 9.17) is 14.2 Å². The van der Waals surface area contributed by atoms with Crippen LogP contribution in [0.15, 0.2) is 65.6 Å². The fourth-order valence-electron chi connectivity index (χ4n) is 5.26. The molecule has 0 aromatic heterocycles. The van der Waals surface area contributed by atoms with Crippen LogP contribution in [0.25, 0.3) is 0 Å². The quantitative estimate of drug-likeness (QED) is 0.396. The van der Waals surface area contributed by atoms with E-state index < -0.39 is 0 Å². The molecule has 0 spiro atoms. The average Bonchev–Trinajstić information content (AvgIpc) is 3.41. The van der Waals surface area contributed by atoms with Crippen molar-refractivity contribution in [2.45, 2.75) is 29.6 Å². The molecular weight excluding hydrogens is 458 g/mol. The van der Waals surface area contributed by atoms with Crippen molar-refractivity contribution in [1.82, 2.24) is 4.90 Å². The summed E-state index contributed by atoms with van der Waals surface area (Å²) in [6.45, 7) is 4.19. The minimum Gasteiger partial charge on any atom is -0.508 e. The number of hydrogen-bond acceptors (Lipinski definition) is 6. The summed E-state index contributed by atoms with van der Waals surface area (Å²) in [4.78, 5) is 3.85. The molecule has 0 bridgehead atoms. The van der Waals surface area contributed by atoms with Crippen molar-refractivity contribution < 1.29 is 19.3 Å². The zero-order chi connectivity index (χ0) is 24.2. The third-order valence-electron chi connectivity index (χ3n) is 7.10. The van der Waals surface area contributed by atoms with Crippen LogP contribution in [-0.4, -0.2) is 56.2 Å². The second-order valence-electron chi connectivity index (χ2n) is 9.20. The number of ether oxygens (including phenoxy) is 3. The van der Waals surface area contributed by atoms with Crippen molar-refractivity contribution in [1.29, 1.82) is 0 Å². The minimum absolute atomic E-state index is 0.0487. The lowest BCUT2D eigenvalue weighted by Crippen LogP contribution is -2.25. The molecule has 2 heterocycles. The Hall–Kier alpha value is -2.83. The van der Waals surface area contributed by atoms with Gasteiger partial charge in [-0.15, -0.1) is 11.8 Å². The lowest BCUT2D eigenvalue weighted by molar-refractivity contribution is 0.247. The van der Waals surface area contributed by atoms with E-state index in [0.29, 0.717) is 18.1 Å². The summed E-state index contributed by atoms with van der Waals surface area (Å²) in [5, 5.41) is 10.3. The first-order chi connectivity index (χ1) is 17.2. The molecule has 184 valence electrons. The van der Waals surface area contributed by atoms with E-state index >= 15 is 0 Å². The van der Waals surface area contributed by atoms with Crippen LogP contribution in [0.2, 0.25) is 0 Å². The van der Waals surface area contributed by atoms with Crippen molar-refractivity contribution in [2.75, 3.05) is 46.2 Å². The summed E-state index contributed by atoms with van der Waals surface area (Å²) in [6, 6.07) is 20.4. The SMILES string of the molecule is COc1ccc([C@H]2COc3ccc(O)cc3[C@H]2c2ccc(SCCN3CCCC3)cc2)cc1OC. The molecule has 6 heteroatoms. The lowest BCUT2D eigenvalue weighted by atomic mass is 9.76. The summed E-state index contributed by atoms with van der Waals surface area (Å²) < 4.78 is 17.2. The maximum atomic E-state index is 10.3. The largest absolute Gasteiger partial charge is 0.508 e. The number of phenols is 1. The van der Waals surface area contributed by atoms with Gasteiger partial charge in [-0.3, -0.25) is 0 Å². The predicted molar refractivity (Wildman–Crippen MR) is 141 cm³/mol. The predicted octanol–water partition coefficient (Wildman–Crippen LogP) is 5.91. The molecular formula is C29H33NO4S. The Morgan fingerprint density at radius 3 is 2.40 bits per heavy atom. The summed E-state index contributed by atoms with van der Waals surface area (Å²) in [5.74, 6) is 3.72. The Kier molecular flexibility index (Phi) is 7.40. The normalized spacial score (nSPS) is 19.7. The van der Waals surface area contributed by atoms with Crippen LogP contribution < -0.4 is 14.2 Å². The lowest BCUT2D eigenvalue weighted by Gasteiger charge is -2.35. The fourth-order valence-corrected chi connectivity index (χ4v) is 6.17. The standard InChI is InChI=1S/C29H33NO4S/c1-32-27-11-7-21(17-28(27)33-2)25-19-34-26-12-8-22(31)18-24(26)29(25)20-5-9-23(10-6-20)35-16-15-30-13-3-4-14-30/h5-12,17-18,25,29,31H,3-4,13-16,19H2,1-2H3/t25-,29-/m1/s1. The number of phenolic OH excluding ortho intramolecular Hbond substituents is 1. The molecule has 0 amide bonds. The number of methoxy groups -OCH3 is 2. The third kappa shape index (κ3) is 5.24.